The fourth-order valence-electron chi connectivity index (χ4n) is 1.26. The van der Waals surface area contributed by atoms with Crippen LogP contribution in [0.3, 0.4) is 0 Å². The number of rotatable bonds is 7. The molecular formula is C12H19NS2. The second-order valence-electron chi connectivity index (χ2n) is 3.25. The van der Waals surface area contributed by atoms with Crippen molar-refractivity contribution in [3.63, 3.8) is 0 Å². The maximum absolute atomic E-state index is 5.60. The van der Waals surface area contributed by atoms with Crippen LogP contribution in [0, 0.1) is 0 Å². The van der Waals surface area contributed by atoms with E-state index in [-0.39, 0.29) is 0 Å². The number of nitrogens with two attached hydrogens (primary N) is 1. The van der Waals surface area contributed by atoms with Gasteiger partial charge in [-0.1, -0.05) is 19.1 Å². The van der Waals surface area contributed by atoms with Crippen molar-refractivity contribution < 1.29 is 0 Å². The highest BCUT2D eigenvalue weighted by atomic mass is 32.2. The molecule has 0 amide bonds. The molecule has 0 spiro atoms. The number of thioether (sulfide) groups is 2. The topological polar surface area (TPSA) is 26.0 Å². The second-order valence-corrected chi connectivity index (χ2v) is 5.81. The van der Waals surface area contributed by atoms with Gasteiger partial charge in [-0.3, -0.25) is 0 Å². The van der Waals surface area contributed by atoms with Gasteiger partial charge >= 0.3 is 0 Å². The lowest BCUT2D eigenvalue weighted by Crippen LogP contribution is -1.95. The number of hydrogen-bond acceptors (Lipinski definition) is 3. The van der Waals surface area contributed by atoms with Crippen LogP contribution < -0.4 is 5.73 Å². The Hall–Kier alpha value is -0.120. The summed E-state index contributed by atoms with van der Waals surface area (Å²) in [6.45, 7) is 2.85. The largest absolute Gasteiger partial charge is 0.326 e. The summed E-state index contributed by atoms with van der Waals surface area (Å²) in [5, 5.41) is 0. The fraction of sp³-hybridized carbons (Fsp3) is 0.500. The first-order valence-corrected chi connectivity index (χ1v) is 7.50. The first-order valence-electron chi connectivity index (χ1n) is 5.36. The minimum absolute atomic E-state index is 0.639. The SMILES string of the molecule is CCSCCCSc1cccc(CN)c1. The lowest BCUT2D eigenvalue weighted by Gasteiger charge is -2.03. The van der Waals surface area contributed by atoms with Crippen molar-refractivity contribution in [3.8, 4) is 0 Å². The van der Waals surface area contributed by atoms with Crippen LogP contribution in [0.5, 0.6) is 0 Å². The molecule has 15 heavy (non-hydrogen) atoms. The molecule has 1 nitrogen and oxygen atoms in total. The van der Waals surface area contributed by atoms with E-state index in [0.29, 0.717) is 6.54 Å². The molecule has 0 saturated heterocycles. The summed E-state index contributed by atoms with van der Waals surface area (Å²) in [4.78, 5) is 1.35. The average molecular weight is 241 g/mol. The normalized spacial score (nSPS) is 10.5. The van der Waals surface area contributed by atoms with Crippen molar-refractivity contribution in [3.05, 3.63) is 29.8 Å². The maximum Gasteiger partial charge on any atom is 0.0178 e. The molecular weight excluding hydrogens is 222 g/mol. The van der Waals surface area contributed by atoms with E-state index in [1.165, 1.54) is 34.1 Å². The zero-order valence-electron chi connectivity index (χ0n) is 9.24. The third-order valence-electron chi connectivity index (χ3n) is 2.04. The standard InChI is InChI=1S/C12H19NS2/c1-2-14-7-4-8-15-12-6-3-5-11(9-12)10-13/h3,5-6,9H,2,4,7-8,10,13H2,1H3. The van der Waals surface area contributed by atoms with E-state index in [0.717, 1.165) is 0 Å². The van der Waals surface area contributed by atoms with Gasteiger partial charge < -0.3 is 5.73 Å². The highest BCUT2D eigenvalue weighted by Gasteiger charge is 1.95. The van der Waals surface area contributed by atoms with Crippen LogP contribution in [0.25, 0.3) is 0 Å². The van der Waals surface area contributed by atoms with Gasteiger partial charge in [0.25, 0.3) is 0 Å². The van der Waals surface area contributed by atoms with Crippen LogP contribution in [-0.4, -0.2) is 17.3 Å². The van der Waals surface area contributed by atoms with E-state index in [2.05, 4.69) is 31.2 Å². The predicted molar refractivity (Wildman–Crippen MR) is 72.7 cm³/mol. The molecule has 0 fully saturated rings. The first-order chi connectivity index (χ1) is 7.36. The average Bonchev–Trinajstić information content (AvgIpc) is 2.29. The zero-order chi connectivity index (χ0) is 10.9. The van der Waals surface area contributed by atoms with Gasteiger partial charge in [0.15, 0.2) is 0 Å². The summed E-state index contributed by atoms with van der Waals surface area (Å²) in [5.41, 5.74) is 6.83. The quantitative estimate of drug-likeness (QED) is 0.585. The third-order valence-corrected chi connectivity index (χ3v) is 4.11. The fourth-order valence-corrected chi connectivity index (χ4v) is 3.01. The smallest absolute Gasteiger partial charge is 0.0178 e. The van der Waals surface area contributed by atoms with Gasteiger partial charge in [-0.05, 0) is 41.4 Å². The molecule has 0 unspecified atom stereocenters. The highest BCUT2D eigenvalue weighted by Crippen LogP contribution is 2.20. The zero-order valence-corrected chi connectivity index (χ0v) is 10.9. The van der Waals surface area contributed by atoms with Gasteiger partial charge in [-0.2, -0.15) is 11.8 Å². The van der Waals surface area contributed by atoms with Gasteiger partial charge in [0, 0.05) is 11.4 Å². The Bertz CT molecular complexity index is 276. The highest BCUT2D eigenvalue weighted by molar-refractivity contribution is 8.00. The van der Waals surface area contributed by atoms with Gasteiger partial charge in [-0.25, -0.2) is 0 Å². The van der Waals surface area contributed by atoms with Crippen LogP contribution in [0.15, 0.2) is 29.2 Å². The molecule has 1 rings (SSSR count). The van der Waals surface area contributed by atoms with Crippen LogP contribution in [0.1, 0.15) is 18.9 Å². The Morgan fingerprint density at radius 1 is 1.27 bits per heavy atom. The Kier molecular flexibility index (Phi) is 6.98. The Labute approximate surface area is 101 Å². The van der Waals surface area contributed by atoms with Crippen molar-refractivity contribution in [2.45, 2.75) is 24.8 Å². The van der Waals surface area contributed by atoms with Gasteiger partial charge in [0.2, 0.25) is 0 Å². The Morgan fingerprint density at radius 3 is 2.87 bits per heavy atom. The lowest BCUT2D eigenvalue weighted by molar-refractivity contribution is 1.06. The Morgan fingerprint density at radius 2 is 2.13 bits per heavy atom. The van der Waals surface area contributed by atoms with Gasteiger partial charge in [0.05, 0.1) is 0 Å². The molecule has 3 heteroatoms. The van der Waals surface area contributed by atoms with Crippen molar-refractivity contribution in [2.75, 3.05) is 17.3 Å². The van der Waals surface area contributed by atoms with Crippen LogP contribution in [-0.2, 0) is 6.54 Å². The van der Waals surface area contributed by atoms with E-state index >= 15 is 0 Å². The molecule has 1 aromatic rings. The van der Waals surface area contributed by atoms with Gasteiger partial charge in [0.1, 0.15) is 0 Å². The molecule has 0 aromatic heterocycles. The monoisotopic (exact) mass is 241 g/mol. The molecule has 0 atom stereocenters. The summed E-state index contributed by atoms with van der Waals surface area (Å²) in [5.74, 6) is 3.72. The van der Waals surface area contributed by atoms with E-state index < -0.39 is 0 Å². The summed E-state index contributed by atoms with van der Waals surface area (Å²) >= 11 is 3.95. The Balaban J connectivity index is 2.24. The van der Waals surface area contributed by atoms with Crippen LogP contribution >= 0.6 is 23.5 Å². The van der Waals surface area contributed by atoms with Crippen LogP contribution in [0.4, 0.5) is 0 Å². The first kappa shape index (κ1) is 12.9. The number of benzene rings is 1. The number of hydrogen-bond donors (Lipinski definition) is 1. The molecule has 0 bridgehead atoms. The molecule has 0 aliphatic heterocycles. The van der Waals surface area contributed by atoms with Crippen molar-refractivity contribution in [2.24, 2.45) is 5.73 Å². The second kappa shape index (κ2) is 8.08. The molecule has 0 radical (unpaired) electrons. The maximum atomic E-state index is 5.60. The summed E-state index contributed by atoms with van der Waals surface area (Å²) in [6, 6.07) is 8.52. The third kappa shape index (κ3) is 5.50. The van der Waals surface area contributed by atoms with E-state index in [4.69, 9.17) is 5.73 Å². The predicted octanol–water partition coefficient (Wildman–Crippen LogP) is 3.38. The van der Waals surface area contributed by atoms with Crippen molar-refractivity contribution in [1.82, 2.24) is 0 Å². The van der Waals surface area contributed by atoms with Crippen LogP contribution in [0.2, 0.25) is 0 Å². The molecule has 84 valence electrons. The minimum atomic E-state index is 0.639. The summed E-state index contributed by atoms with van der Waals surface area (Å²) in [6.07, 6.45) is 1.29. The molecule has 1 aromatic carbocycles. The van der Waals surface area contributed by atoms with E-state index in [1.54, 1.807) is 0 Å². The van der Waals surface area contributed by atoms with E-state index in [9.17, 15) is 0 Å². The molecule has 0 aliphatic rings. The molecule has 0 aliphatic carbocycles. The summed E-state index contributed by atoms with van der Waals surface area (Å²) < 4.78 is 0. The molecule has 2 N–H and O–H groups in total. The molecule has 0 heterocycles. The van der Waals surface area contributed by atoms with Gasteiger partial charge in [-0.15, -0.1) is 11.8 Å². The van der Waals surface area contributed by atoms with E-state index in [1.807, 2.05) is 23.5 Å². The van der Waals surface area contributed by atoms with Crippen molar-refractivity contribution in [1.29, 1.82) is 0 Å². The summed E-state index contributed by atoms with van der Waals surface area (Å²) in [7, 11) is 0. The molecule has 0 saturated carbocycles. The minimum Gasteiger partial charge on any atom is -0.326 e. The lowest BCUT2D eigenvalue weighted by atomic mass is 10.2. The van der Waals surface area contributed by atoms with Crippen molar-refractivity contribution >= 4 is 23.5 Å².